The third-order valence-corrected chi connectivity index (χ3v) is 9.94. The lowest BCUT2D eigenvalue weighted by atomic mass is 9.82. The Bertz CT molecular complexity index is 1310. The molecule has 1 saturated carbocycles. The maximum atomic E-state index is 15.2. The first kappa shape index (κ1) is 25.1. The van der Waals surface area contributed by atoms with E-state index in [1.165, 1.54) is 6.07 Å². The van der Waals surface area contributed by atoms with Crippen LogP contribution in [0, 0.1) is 5.82 Å². The fourth-order valence-electron chi connectivity index (χ4n) is 4.71. The van der Waals surface area contributed by atoms with Crippen LogP contribution in [0.3, 0.4) is 0 Å². The molecule has 2 aromatic rings. The van der Waals surface area contributed by atoms with E-state index in [0.29, 0.717) is 18.5 Å². The van der Waals surface area contributed by atoms with Crippen molar-refractivity contribution in [2.45, 2.75) is 63.7 Å². The van der Waals surface area contributed by atoms with Crippen LogP contribution in [0.1, 0.15) is 64.5 Å². The number of anilines is 1. The minimum absolute atomic E-state index is 0.0961. The van der Waals surface area contributed by atoms with Crippen molar-refractivity contribution in [3.05, 3.63) is 71.7 Å². The lowest BCUT2D eigenvalue weighted by molar-refractivity contribution is 0.388. The summed E-state index contributed by atoms with van der Waals surface area (Å²) in [6.07, 6.45) is 4.40. The summed E-state index contributed by atoms with van der Waals surface area (Å²) in [4.78, 5) is 4.61. The molecular weight excluding hydrogens is 463 g/mol. The second-order valence-corrected chi connectivity index (χ2v) is 12.1. The van der Waals surface area contributed by atoms with Gasteiger partial charge >= 0.3 is 0 Å². The van der Waals surface area contributed by atoms with Gasteiger partial charge in [-0.15, -0.1) is 0 Å². The molecule has 1 fully saturated rings. The number of hydrogen-bond acceptors (Lipinski definition) is 6. The van der Waals surface area contributed by atoms with E-state index in [-0.39, 0.29) is 17.2 Å². The van der Waals surface area contributed by atoms with Crippen molar-refractivity contribution in [2.75, 3.05) is 10.8 Å². The van der Waals surface area contributed by atoms with E-state index in [4.69, 9.17) is 10.8 Å². The summed E-state index contributed by atoms with van der Waals surface area (Å²) in [6.45, 7) is 7.58. The van der Waals surface area contributed by atoms with E-state index in [2.05, 4.69) is 4.99 Å². The highest BCUT2D eigenvalue weighted by Gasteiger charge is 2.58. The maximum absolute atomic E-state index is 15.2. The van der Waals surface area contributed by atoms with E-state index < -0.39 is 25.9 Å². The topological polar surface area (TPSA) is 88.1 Å². The number of nitrogens with two attached hydrogens (primary N) is 1. The number of nitrogens with zero attached hydrogens (tertiary/aromatic N) is 3. The number of aliphatic imine (C=N–C) groups is 1. The number of hydrazone groups is 1. The van der Waals surface area contributed by atoms with E-state index in [0.717, 1.165) is 29.7 Å². The number of allylic oxidation sites excluding steroid dienone is 1. The fraction of sp³-hybridized carbons (Fsp3) is 0.407. The Kier molecular flexibility index (Phi) is 6.62. The molecule has 1 aliphatic carbocycles. The highest BCUT2D eigenvalue weighted by molar-refractivity contribution is 7.93. The Balaban J connectivity index is 1.81. The molecule has 186 valence electrons. The lowest BCUT2D eigenvalue weighted by Gasteiger charge is -2.46. The quantitative estimate of drug-likeness (QED) is 0.428. The molecule has 6 nitrogen and oxygen atoms in total. The van der Waals surface area contributed by atoms with E-state index >= 15 is 4.39 Å². The first-order valence-electron chi connectivity index (χ1n) is 12.0. The predicted molar refractivity (Wildman–Crippen MR) is 142 cm³/mol. The summed E-state index contributed by atoms with van der Waals surface area (Å²) < 4.78 is 40.7. The summed E-state index contributed by atoms with van der Waals surface area (Å²) >= 11 is 0. The van der Waals surface area contributed by atoms with Crippen LogP contribution in [0.5, 0.6) is 0 Å². The number of benzene rings is 2. The molecule has 1 unspecified atom stereocenters. The van der Waals surface area contributed by atoms with Crippen molar-refractivity contribution in [3.8, 4) is 0 Å². The largest absolute Gasteiger partial charge is 0.386 e. The molecule has 8 heteroatoms. The van der Waals surface area contributed by atoms with Crippen LogP contribution >= 0.6 is 0 Å². The molecule has 4 rings (SSSR count). The van der Waals surface area contributed by atoms with Crippen molar-refractivity contribution in [2.24, 2.45) is 15.8 Å². The number of amidine groups is 1. The average Bonchev–Trinajstić information content (AvgIpc) is 2.77. The zero-order valence-electron chi connectivity index (χ0n) is 20.8. The van der Waals surface area contributed by atoms with Gasteiger partial charge in [0.15, 0.2) is 9.84 Å². The van der Waals surface area contributed by atoms with Crippen molar-refractivity contribution < 1.29 is 12.8 Å². The minimum Gasteiger partial charge on any atom is -0.386 e. The summed E-state index contributed by atoms with van der Waals surface area (Å²) in [5.74, 6) is -0.705. The van der Waals surface area contributed by atoms with Gasteiger partial charge in [0.25, 0.3) is 0 Å². The van der Waals surface area contributed by atoms with Gasteiger partial charge < -0.3 is 5.73 Å². The molecule has 0 bridgehead atoms. The van der Waals surface area contributed by atoms with Gasteiger partial charge in [0.1, 0.15) is 21.9 Å². The highest BCUT2D eigenvalue weighted by atomic mass is 32.2. The van der Waals surface area contributed by atoms with Crippen molar-refractivity contribution >= 4 is 32.6 Å². The first-order chi connectivity index (χ1) is 16.5. The van der Waals surface area contributed by atoms with Crippen molar-refractivity contribution in [1.29, 1.82) is 0 Å². The molecule has 0 radical (unpaired) electrons. The van der Waals surface area contributed by atoms with Crippen molar-refractivity contribution in [1.82, 2.24) is 0 Å². The Morgan fingerprint density at radius 3 is 2.46 bits per heavy atom. The van der Waals surface area contributed by atoms with Gasteiger partial charge in [-0.2, -0.15) is 5.10 Å². The third kappa shape index (κ3) is 4.51. The number of halogens is 1. The summed E-state index contributed by atoms with van der Waals surface area (Å²) in [7, 11) is -3.59. The molecule has 2 aliphatic rings. The van der Waals surface area contributed by atoms with Crippen LogP contribution in [0.4, 0.5) is 10.1 Å². The van der Waals surface area contributed by atoms with Gasteiger partial charge in [-0.3, -0.25) is 4.99 Å². The Hall–Kier alpha value is -3.00. The number of rotatable bonds is 6. The summed E-state index contributed by atoms with van der Waals surface area (Å²) in [6, 6.07) is 14.5. The second-order valence-electron chi connectivity index (χ2n) is 9.75. The molecule has 35 heavy (non-hydrogen) atoms. The van der Waals surface area contributed by atoms with Crippen molar-refractivity contribution in [3.63, 3.8) is 0 Å². The van der Waals surface area contributed by atoms with E-state index in [9.17, 15) is 8.42 Å². The van der Waals surface area contributed by atoms with Crippen LogP contribution < -0.4 is 10.7 Å². The number of hydrogen-bond donors (Lipinski definition) is 1. The molecule has 1 heterocycles. The molecule has 2 N–H and O–H groups in total. The predicted octanol–water partition coefficient (Wildman–Crippen LogP) is 5.40. The van der Waals surface area contributed by atoms with Gasteiger partial charge in [-0.05, 0) is 75.8 Å². The molecule has 1 atom stereocenters. The monoisotopic (exact) mass is 496 g/mol. The zero-order chi connectivity index (χ0) is 25.4. The number of sulfone groups is 1. The van der Waals surface area contributed by atoms with Crippen LogP contribution in [-0.2, 0) is 15.4 Å². The Labute approximate surface area is 207 Å². The zero-order valence-corrected chi connectivity index (χ0v) is 21.6. The van der Waals surface area contributed by atoms with Crippen LogP contribution in [0.15, 0.2) is 64.8 Å². The van der Waals surface area contributed by atoms with Gasteiger partial charge in [0, 0.05) is 17.5 Å². The van der Waals surface area contributed by atoms with Crippen LogP contribution in [-0.4, -0.2) is 30.5 Å². The molecule has 2 aromatic carbocycles. The Morgan fingerprint density at radius 2 is 1.89 bits per heavy atom. The molecule has 0 amide bonds. The molecule has 0 aromatic heterocycles. The van der Waals surface area contributed by atoms with Gasteiger partial charge in [-0.1, -0.05) is 37.3 Å². The smallest absolute Gasteiger partial charge is 0.165 e. The Morgan fingerprint density at radius 1 is 1.20 bits per heavy atom. The first-order valence-corrected chi connectivity index (χ1v) is 13.6. The third-order valence-electron chi connectivity index (χ3n) is 7.19. The van der Waals surface area contributed by atoms with E-state index in [1.807, 2.05) is 57.3 Å². The van der Waals surface area contributed by atoms with Gasteiger partial charge in [0.05, 0.1) is 11.4 Å². The molecule has 0 saturated heterocycles. The van der Waals surface area contributed by atoms with E-state index in [1.54, 1.807) is 24.1 Å². The second kappa shape index (κ2) is 9.22. The summed E-state index contributed by atoms with van der Waals surface area (Å²) in [5, 5.41) is 6.44. The highest BCUT2D eigenvalue weighted by Crippen LogP contribution is 2.47. The van der Waals surface area contributed by atoms with Crippen LogP contribution in [0.25, 0.3) is 5.57 Å². The minimum atomic E-state index is -3.59. The summed E-state index contributed by atoms with van der Waals surface area (Å²) in [5.41, 5.74) is 8.63. The molecule has 1 aliphatic heterocycles. The maximum Gasteiger partial charge on any atom is 0.165 e. The fourth-order valence-corrected chi connectivity index (χ4v) is 7.23. The van der Waals surface area contributed by atoms with Gasteiger partial charge in [-0.25, -0.2) is 17.8 Å². The standard InChI is InChI=1S/C27H33FN4O2S/c1-5-20(3)31-32(17-19(2)21-10-7-6-8-11-21)22-12-13-24(28)23(16-22)26(4)18-35(33,34)27(14-9-15-27)25(29)30-26/h6-8,10-13,16-17H,5,9,14-15,18H2,1-4H3,(H2,29,30). The average molecular weight is 497 g/mol. The normalized spacial score (nSPS) is 23.5. The SMILES string of the molecule is CCC(C)=NN(C=C(C)c1ccccc1)c1ccc(F)c(C2(C)CS(=O)(=O)C3(CCC3)C(N)=N2)c1. The van der Waals surface area contributed by atoms with Gasteiger partial charge in [0.2, 0.25) is 0 Å². The van der Waals surface area contributed by atoms with Crippen LogP contribution in [0.2, 0.25) is 0 Å². The molecular formula is C27H33FN4O2S. The molecule has 1 spiro atoms. The lowest BCUT2D eigenvalue weighted by Crippen LogP contribution is -2.61.